The van der Waals surface area contributed by atoms with Crippen LogP contribution in [0, 0.1) is 5.82 Å². The number of pyridine rings is 1. The average molecular weight is 316 g/mol. The summed E-state index contributed by atoms with van der Waals surface area (Å²) in [6, 6.07) is 12.9. The van der Waals surface area contributed by atoms with E-state index in [-0.39, 0.29) is 17.3 Å². The van der Waals surface area contributed by atoms with E-state index in [2.05, 4.69) is 4.98 Å². The van der Waals surface area contributed by atoms with Gasteiger partial charge in [-0.15, -0.1) is 0 Å². The van der Waals surface area contributed by atoms with Gasteiger partial charge in [-0.3, -0.25) is 0 Å². The SMILES string of the molecule is NCc1cc2cccc(S(=O)O)c2nc1-c1cccc(F)c1. The molecule has 0 fully saturated rings. The Morgan fingerprint density at radius 2 is 1.95 bits per heavy atom. The third-order valence-electron chi connectivity index (χ3n) is 3.39. The maximum atomic E-state index is 13.5. The van der Waals surface area contributed by atoms with Gasteiger partial charge in [0.05, 0.1) is 16.1 Å². The largest absolute Gasteiger partial charge is 0.326 e. The van der Waals surface area contributed by atoms with E-state index in [1.165, 1.54) is 12.1 Å². The molecule has 6 heteroatoms. The first kappa shape index (κ1) is 14.8. The molecule has 1 atom stereocenters. The third-order valence-corrected chi connectivity index (χ3v) is 4.10. The van der Waals surface area contributed by atoms with Crippen LogP contribution in [0.4, 0.5) is 4.39 Å². The number of benzene rings is 2. The summed E-state index contributed by atoms with van der Waals surface area (Å²) < 4.78 is 34.3. The van der Waals surface area contributed by atoms with Crippen LogP contribution in [0.3, 0.4) is 0 Å². The summed E-state index contributed by atoms with van der Waals surface area (Å²) >= 11 is -2.15. The minimum atomic E-state index is -2.15. The fourth-order valence-corrected chi connectivity index (χ4v) is 2.92. The van der Waals surface area contributed by atoms with Crippen LogP contribution < -0.4 is 5.73 Å². The normalized spacial score (nSPS) is 12.5. The molecule has 1 heterocycles. The van der Waals surface area contributed by atoms with Gasteiger partial charge in [0.2, 0.25) is 0 Å². The van der Waals surface area contributed by atoms with Crippen molar-refractivity contribution in [2.45, 2.75) is 11.4 Å². The Bertz CT molecular complexity index is 883. The molecule has 3 aromatic rings. The van der Waals surface area contributed by atoms with Crippen LogP contribution in [-0.4, -0.2) is 13.7 Å². The summed E-state index contributed by atoms with van der Waals surface area (Å²) in [5, 5.41) is 0.723. The lowest BCUT2D eigenvalue weighted by Crippen LogP contribution is -2.03. The number of rotatable bonds is 3. The third kappa shape index (κ3) is 2.64. The van der Waals surface area contributed by atoms with Gasteiger partial charge in [0.15, 0.2) is 11.1 Å². The van der Waals surface area contributed by atoms with E-state index in [0.29, 0.717) is 16.8 Å². The molecule has 1 unspecified atom stereocenters. The molecule has 0 aliphatic carbocycles. The van der Waals surface area contributed by atoms with Gasteiger partial charge in [0, 0.05) is 17.5 Å². The van der Waals surface area contributed by atoms with E-state index >= 15 is 0 Å². The number of nitrogens with zero attached hydrogens (tertiary/aromatic N) is 1. The Hall–Kier alpha value is -2.15. The van der Waals surface area contributed by atoms with Gasteiger partial charge >= 0.3 is 0 Å². The summed E-state index contributed by atoms with van der Waals surface area (Å²) in [7, 11) is 0. The molecule has 0 amide bonds. The van der Waals surface area contributed by atoms with Gasteiger partial charge in [0.25, 0.3) is 0 Å². The molecule has 0 radical (unpaired) electrons. The van der Waals surface area contributed by atoms with Crippen LogP contribution in [-0.2, 0) is 17.6 Å². The first-order chi connectivity index (χ1) is 10.6. The zero-order valence-corrected chi connectivity index (χ0v) is 12.3. The predicted molar refractivity (Wildman–Crippen MR) is 84.1 cm³/mol. The summed E-state index contributed by atoms with van der Waals surface area (Å²) in [6.07, 6.45) is 0. The lowest BCUT2D eigenvalue weighted by Gasteiger charge is -2.11. The molecule has 2 aromatic carbocycles. The van der Waals surface area contributed by atoms with Crippen molar-refractivity contribution >= 4 is 22.0 Å². The highest BCUT2D eigenvalue weighted by atomic mass is 32.2. The number of halogens is 1. The Morgan fingerprint density at radius 3 is 2.64 bits per heavy atom. The maximum Gasteiger partial charge on any atom is 0.188 e. The fourth-order valence-electron chi connectivity index (χ4n) is 2.40. The highest BCUT2D eigenvalue weighted by molar-refractivity contribution is 7.79. The second kappa shape index (κ2) is 5.92. The Balaban J connectivity index is 2.33. The van der Waals surface area contributed by atoms with Crippen LogP contribution in [0.5, 0.6) is 0 Å². The lowest BCUT2D eigenvalue weighted by atomic mass is 10.0. The second-order valence-electron chi connectivity index (χ2n) is 4.79. The highest BCUT2D eigenvalue weighted by Crippen LogP contribution is 2.28. The monoisotopic (exact) mass is 316 g/mol. The zero-order valence-electron chi connectivity index (χ0n) is 11.5. The molecule has 22 heavy (non-hydrogen) atoms. The van der Waals surface area contributed by atoms with E-state index in [9.17, 15) is 13.2 Å². The lowest BCUT2D eigenvalue weighted by molar-refractivity contribution is 0.565. The molecule has 112 valence electrons. The van der Waals surface area contributed by atoms with Crippen LogP contribution in [0.15, 0.2) is 53.4 Å². The highest BCUT2D eigenvalue weighted by Gasteiger charge is 2.13. The molecule has 0 spiro atoms. The van der Waals surface area contributed by atoms with Gasteiger partial charge in [-0.1, -0.05) is 24.3 Å². The molecule has 0 saturated heterocycles. The summed E-state index contributed by atoms with van der Waals surface area (Å²) in [5.41, 5.74) is 8.04. The fraction of sp³-hybridized carbons (Fsp3) is 0.0625. The number of hydrogen-bond acceptors (Lipinski definition) is 3. The summed E-state index contributed by atoms with van der Waals surface area (Å²) in [5.74, 6) is -0.374. The topological polar surface area (TPSA) is 76.2 Å². The molecule has 3 rings (SSSR count). The minimum Gasteiger partial charge on any atom is -0.326 e. The van der Waals surface area contributed by atoms with E-state index in [1.807, 2.05) is 6.07 Å². The molecular weight excluding hydrogens is 303 g/mol. The molecule has 0 aliphatic heterocycles. The molecule has 4 nitrogen and oxygen atoms in total. The molecule has 3 N–H and O–H groups in total. The van der Waals surface area contributed by atoms with Gasteiger partial charge in [-0.2, -0.15) is 0 Å². The van der Waals surface area contributed by atoms with E-state index in [4.69, 9.17) is 5.73 Å². The first-order valence-corrected chi connectivity index (χ1v) is 7.70. The number of nitrogens with two attached hydrogens (primary N) is 1. The standard InChI is InChI=1S/C16H13FN2O2S/c17-13-5-1-3-11(8-13)15-12(9-18)7-10-4-2-6-14(22(20)21)16(10)19-15/h1-8H,9,18H2,(H,20,21). The quantitative estimate of drug-likeness (QED) is 0.728. The van der Waals surface area contributed by atoms with Crippen LogP contribution in [0.2, 0.25) is 0 Å². The van der Waals surface area contributed by atoms with Gasteiger partial charge in [-0.25, -0.2) is 13.6 Å². The Labute approximate surface area is 129 Å². The van der Waals surface area contributed by atoms with Gasteiger partial charge < -0.3 is 10.3 Å². The van der Waals surface area contributed by atoms with Crippen LogP contribution >= 0.6 is 0 Å². The predicted octanol–water partition coefficient (Wildman–Crippen LogP) is 3.08. The van der Waals surface area contributed by atoms with Gasteiger partial charge in [0.1, 0.15) is 5.82 Å². The molecular formula is C16H13FN2O2S. The maximum absolute atomic E-state index is 13.5. The van der Waals surface area contributed by atoms with E-state index in [0.717, 1.165) is 10.9 Å². The van der Waals surface area contributed by atoms with Crippen molar-refractivity contribution in [2.24, 2.45) is 5.73 Å². The summed E-state index contributed by atoms with van der Waals surface area (Å²) in [6.45, 7) is 0.237. The van der Waals surface area contributed by atoms with Gasteiger partial charge in [-0.05, 0) is 29.8 Å². The molecule has 0 aliphatic rings. The van der Waals surface area contributed by atoms with Crippen molar-refractivity contribution in [3.8, 4) is 11.3 Å². The first-order valence-electron chi connectivity index (χ1n) is 6.59. The number of para-hydroxylation sites is 1. The Morgan fingerprint density at radius 1 is 1.18 bits per heavy atom. The second-order valence-corrected chi connectivity index (χ2v) is 5.73. The smallest absolute Gasteiger partial charge is 0.188 e. The van der Waals surface area contributed by atoms with E-state index < -0.39 is 11.1 Å². The van der Waals surface area contributed by atoms with E-state index in [1.54, 1.807) is 30.3 Å². The number of hydrogen-bond donors (Lipinski definition) is 2. The molecule has 0 saturated carbocycles. The average Bonchev–Trinajstić information content (AvgIpc) is 2.52. The van der Waals surface area contributed by atoms with Crippen molar-refractivity contribution < 1.29 is 13.2 Å². The van der Waals surface area contributed by atoms with Crippen molar-refractivity contribution in [1.29, 1.82) is 0 Å². The molecule has 0 bridgehead atoms. The number of fused-ring (bicyclic) bond motifs is 1. The van der Waals surface area contributed by atoms with Crippen LogP contribution in [0.1, 0.15) is 5.56 Å². The summed E-state index contributed by atoms with van der Waals surface area (Å²) in [4.78, 5) is 4.70. The van der Waals surface area contributed by atoms with Crippen LogP contribution in [0.25, 0.3) is 22.2 Å². The van der Waals surface area contributed by atoms with Crippen molar-refractivity contribution in [3.63, 3.8) is 0 Å². The minimum absolute atomic E-state index is 0.221. The van der Waals surface area contributed by atoms with Crippen molar-refractivity contribution in [3.05, 3.63) is 59.9 Å². The van der Waals surface area contributed by atoms with Crippen molar-refractivity contribution in [1.82, 2.24) is 4.98 Å². The zero-order chi connectivity index (χ0) is 15.7. The Kier molecular flexibility index (Phi) is 3.98. The number of aromatic nitrogens is 1. The van der Waals surface area contributed by atoms with Crippen molar-refractivity contribution in [2.75, 3.05) is 0 Å². The molecule has 1 aromatic heterocycles.